The zero-order valence-electron chi connectivity index (χ0n) is 20.4. The molecule has 3 heterocycles. The second-order valence-electron chi connectivity index (χ2n) is 10.2. The summed E-state index contributed by atoms with van der Waals surface area (Å²) in [5.41, 5.74) is 2.96. The number of carbonyl (C=O) groups excluding carboxylic acids is 2. The van der Waals surface area contributed by atoms with Crippen molar-refractivity contribution in [1.29, 1.82) is 0 Å². The highest BCUT2D eigenvalue weighted by Gasteiger charge is 2.39. The third-order valence-corrected chi connectivity index (χ3v) is 7.49. The van der Waals surface area contributed by atoms with Gasteiger partial charge in [-0.25, -0.2) is 4.98 Å². The Labute approximate surface area is 197 Å². The van der Waals surface area contributed by atoms with Gasteiger partial charge in [0, 0.05) is 31.9 Å². The monoisotopic (exact) mass is 448 g/mol. The minimum atomic E-state index is -0.544. The number of hydrogen-bond donors (Lipinski definition) is 0. The van der Waals surface area contributed by atoms with E-state index in [1.54, 1.807) is 12.4 Å². The van der Waals surface area contributed by atoms with Gasteiger partial charge in [-0.05, 0) is 71.3 Å². The van der Waals surface area contributed by atoms with Gasteiger partial charge in [0.25, 0.3) is 5.91 Å². The fourth-order valence-corrected chi connectivity index (χ4v) is 5.33. The Morgan fingerprint density at radius 2 is 1.61 bits per heavy atom. The van der Waals surface area contributed by atoms with Gasteiger partial charge in [-0.2, -0.15) is 0 Å². The summed E-state index contributed by atoms with van der Waals surface area (Å²) >= 11 is 0. The molecular formula is C27H36N4O2. The van der Waals surface area contributed by atoms with Crippen LogP contribution in [0.5, 0.6) is 0 Å². The molecule has 0 unspecified atom stereocenters. The second-order valence-corrected chi connectivity index (χ2v) is 10.2. The normalized spacial score (nSPS) is 20.1. The Balaban J connectivity index is 1.41. The van der Waals surface area contributed by atoms with Gasteiger partial charge in [-0.15, -0.1) is 0 Å². The van der Waals surface area contributed by atoms with Crippen LogP contribution in [0, 0.1) is 19.8 Å². The Morgan fingerprint density at radius 1 is 0.909 bits per heavy atom. The van der Waals surface area contributed by atoms with Gasteiger partial charge in [0.15, 0.2) is 0 Å². The standard InChI is InChI=1S/C27H36N4O2/c1-19-8-10-22(11-9-19)27(3,4)26(33)30-15-12-21(13-16-30)24-7-5-6-14-31(24)25(32)23-18-28-20(2)17-29-23/h8-11,17-18,21,24H,5-7,12-16H2,1-4H3/t24-/m0/s1. The molecule has 1 aromatic carbocycles. The van der Waals surface area contributed by atoms with Crippen molar-refractivity contribution in [3.8, 4) is 0 Å². The first kappa shape index (κ1) is 23.4. The lowest BCUT2D eigenvalue weighted by Gasteiger charge is -2.44. The van der Waals surface area contributed by atoms with Gasteiger partial charge >= 0.3 is 0 Å². The maximum Gasteiger partial charge on any atom is 0.274 e. The van der Waals surface area contributed by atoms with Crippen molar-refractivity contribution in [1.82, 2.24) is 19.8 Å². The summed E-state index contributed by atoms with van der Waals surface area (Å²) in [6.07, 6.45) is 8.33. The molecule has 2 aliphatic heterocycles. The number of carbonyl (C=O) groups is 2. The molecule has 2 aromatic rings. The fraction of sp³-hybridized carbons (Fsp3) is 0.556. The number of piperidine rings is 2. The molecule has 176 valence electrons. The van der Waals surface area contributed by atoms with Crippen molar-refractivity contribution in [3.05, 3.63) is 59.2 Å². The van der Waals surface area contributed by atoms with Crippen LogP contribution in [0.15, 0.2) is 36.7 Å². The van der Waals surface area contributed by atoms with E-state index in [1.165, 1.54) is 5.56 Å². The molecule has 2 aliphatic rings. The second kappa shape index (κ2) is 9.62. The fourth-order valence-electron chi connectivity index (χ4n) is 5.33. The lowest BCUT2D eigenvalue weighted by molar-refractivity contribution is -0.138. The number of aromatic nitrogens is 2. The number of aryl methyl sites for hydroxylation is 2. The Hall–Kier alpha value is -2.76. The molecule has 1 aromatic heterocycles. The highest BCUT2D eigenvalue weighted by molar-refractivity contribution is 5.92. The molecule has 0 N–H and O–H groups in total. The predicted molar refractivity (Wildman–Crippen MR) is 129 cm³/mol. The van der Waals surface area contributed by atoms with E-state index in [0.29, 0.717) is 11.6 Å². The first-order chi connectivity index (χ1) is 15.8. The zero-order chi connectivity index (χ0) is 23.6. The van der Waals surface area contributed by atoms with Gasteiger partial charge < -0.3 is 9.80 Å². The van der Waals surface area contributed by atoms with Crippen LogP contribution in [-0.4, -0.2) is 57.3 Å². The number of likely N-dealkylation sites (tertiary alicyclic amines) is 2. The summed E-state index contributed by atoms with van der Waals surface area (Å²) in [5.74, 6) is 0.599. The molecule has 6 nitrogen and oxygen atoms in total. The van der Waals surface area contributed by atoms with Gasteiger partial charge in [-0.3, -0.25) is 14.6 Å². The zero-order valence-corrected chi connectivity index (χ0v) is 20.4. The van der Waals surface area contributed by atoms with Crippen LogP contribution in [0.1, 0.15) is 73.3 Å². The van der Waals surface area contributed by atoms with Crippen LogP contribution in [0.4, 0.5) is 0 Å². The molecule has 0 spiro atoms. The van der Waals surface area contributed by atoms with Crippen LogP contribution >= 0.6 is 0 Å². The quantitative estimate of drug-likeness (QED) is 0.699. The molecule has 0 radical (unpaired) electrons. The third kappa shape index (κ3) is 4.94. The molecule has 0 aliphatic carbocycles. The lowest BCUT2D eigenvalue weighted by atomic mass is 9.80. The molecule has 0 bridgehead atoms. The largest absolute Gasteiger partial charge is 0.342 e. The first-order valence-electron chi connectivity index (χ1n) is 12.2. The van der Waals surface area contributed by atoms with Crippen LogP contribution in [0.2, 0.25) is 0 Å². The van der Waals surface area contributed by atoms with Crippen molar-refractivity contribution in [2.45, 2.75) is 71.3 Å². The molecule has 33 heavy (non-hydrogen) atoms. The SMILES string of the molecule is Cc1ccc(C(C)(C)C(=O)N2CCC([C@@H]3CCCCN3C(=O)c3cnc(C)cn3)CC2)cc1. The number of hydrogen-bond acceptors (Lipinski definition) is 4. The van der Waals surface area contributed by atoms with E-state index >= 15 is 0 Å². The number of amides is 2. The van der Waals surface area contributed by atoms with Crippen LogP contribution < -0.4 is 0 Å². The smallest absolute Gasteiger partial charge is 0.274 e. The highest BCUT2D eigenvalue weighted by atomic mass is 16.2. The minimum absolute atomic E-state index is 0.00814. The summed E-state index contributed by atoms with van der Waals surface area (Å²) in [6.45, 7) is 10.3. The molecule has 4 rings (SSSR count). The van der Waals surface area contributed by atoms with Crippen LogP contribution in [0.25, 0.3) is 0 Å². The summed E-state index contributed by atoms with van der Waals surface area (Å²) in [4.78, 5) is 39.3. The highest BCUT2D eigenvalue weighted by Crippen LogP contribution is 2.33. The molecule has 0 saturated carbocycles. The lowest BCUT2D eigenvalue weighted by Crippen LogP contribution is -2.52. The minimum Gasteiger partial charge on any atom is -0.342 e. The van der Waals surface area contributed by atoms with E-state index in [0.717, 1.165) is 63.0 Å². The molecule has 2 fully saturated rings. The maximum atomic E-state index is 13.4. The van der Waals surface area contributed by atoms with Crippen molar-refractivity contribution >= 4 is 11.8 Å². The average molecular weight is 449 g/mol. The van der Waals surface area contributed by atoms with E-state index in [2.05, 4.69) is 41.2 Å². The van der Waals surface area contributed by atoms with Gasteiger partial charge in [-0.1, -0.05) is 29.8 Å². The van der Waals surface area contributed by atoms with E-state index in [4.69, 9.17) is 0 Å². The first-order valence-corrected chi connectivity index (χ1v) is 12.2. The van der Waals surface area contributed by atoms with Crippen molar-refractivity contribution in [2.24, 2.45) is 5.92 Å². The van der Waals surface area contributed by atoms with E-state index < -0.39 is 5.41 Å². The molecule has 6 heteroatoms. The van der Waals surface area contributed by atoms with Gasteiger partial charge in [0.05, 0.1) is 17.3 Å². The third-order valence-electron chi connectivity index (χ3n) is 7.49. The summed E-state index contributed by atoms with van der Waals surface area (Å²) < 4.78 is 0. The molecule has 2 amide bonds. The van der Waals surface area contributed by atoms with Crippen molar-refractivity contribution in [3.63, 3.8) is 0 Å². The topological polar surface area (TPSA) is 66.4 Å². The maximum absolute atomic E-state index is 13.4. The number of nitrogens with zero attached hydrogens (tertiary/aromatic N) is 4. The van der Waals surface area contributed by atoms with Crippen molar-refractivity contribution in [2.75, 3.05) is 19.6 Å². The summed E-state index contributed by atoms with van der Waals surface area (Å²) in [5, 5.41) is 0. The average Bonchev–Trinajstić information content (AvgIpc) is 2.84. The molecule has 2 saturated heterocycles. The predicted octanol–water partition coefficient (Wildman–Crippen LogP) is 4.30. The van der Waals surface area contributed by atoms with Crippen molar-refractivity contribution < 1.29 is 9.59 Å². The summed E-state index contributed by atoms with van der Waals surface area (Å²) in [6, 6.07) is 8.50. The molecule has 1 atom stereocenters. The number of rotatable bonds is 4. The summed E-state index contributed by atoms with van der Waals surface area (Å²) in [7, 11) is 0. The Bertz CT molecular complexity index is 976. The van der Waals surface area contributed by atoms with E-state index in [-0.39, 0.29) is 17.9 Å². The Morgan fingerprint density at radius 3 is 2.24 bits per heavy atom. The van der Waals surface area contributed by atoms with Gasteiger partial charge in [0.2, 0.25) is 5.91 Å². The van der Waals surface area contributed by atoms with E-state index in [9.17, 15) is 9.59 Å². The Kier molecular flexibility index (Phi) is 6.82. The molecular weight excluding hydrogens is 412 g/mol. The van der Waals surface area contributed by atoms with Gasteiger partial charge in [0.1, 0.15) is 5.69 Å². The van der Waals surface area contributed by atoms with Crippen LogP contribution in [-0.2, 0) is 10.2 Å². The number of benzene rings is 1. The van der Waals surface area contributed by atoms with E-state index in [1.807, 2.05) is 30.6 Å². The van der Waals surface area contributed by atoms with Crippen LogP contribution in [0.3, 0.4) is 0 Å².